The summed E-state index contributed by atoms with van der Waals surface area (Å²) >= 11 is 0. The average molecular weight is 166 g/mol. The molecule has 12 heavy (non-hydrogen) atoms. The van der Waals surface area contributed by atoms with Gasteiger partial charge in [0.2, 0.25) is 0 Å². The molecule has 0 aromatic rings. The predicted molar refractivity (Wildman–Crippen MR) is 43.6 cm³/mol. The average Bonchev–Trinajstić information content (AvgIpc) is 2.84. The van der Waals surface area contributed by atoms with Gasteiger partial charge >= 0.3 is 0 Å². The van der Waals surface area contributed by atoms with Gasteiger partial charge in [-0.3, -0.25) is 4.79 Å². The van der Waals surface area contributed by atoms with Gasteiger partial charge in [0.05, 0.1) is 6.10 Å². The Bertz CT molecular complexity index is 236. The number of ether oxygens (including phenoxy) is 1. The van der Waals surface area contributed by atoms with E-state index in [1.165, 1.54) is 6.42 Å². The SMILES string of the molecule is CO[C@H]1C[C@H]2C(=O)C[C@@H]1[C@H]1C[C@H]12. The van der Waals surface area contributed by atoms with Crippen molar-refractivity contribution in [2.75, 3.05) is 7.11 Å². The molecule has 4 fully saturated rings. The molecule has 2 heteroatoms. The zero-order chi connectivity index (χ0) is 8.29. The zero-order valence-corrected chi connectivity index (χ0v) is 7.32. The van der Waals surface area contributed by atoms with E-state index < -0.39 is 0 Å². The van der Waals surface area contributed by atoms with Gasteiger partial charge in [-0.25, -0.2) is 0 Å². The second-order valence-corrected chi connectivity index (χ2v) is 4.51. The van der Waals surface area contributed by atoms with Crippen molar-refractivity contribution in [2.24, 2.45) is 23.7 Å². The molecule has 4 rings (SSSR count). The number of ketones is 1. The van der Waals surface area contributed by atoms with Gasteiger partial charge in [-0.15, -0.1) is 0 Å². The summed E-state index contributed by atoms with van der Waals surface area (Å²) in [5.74, 6) is 3.10. The first-order chi connectivity index (χ1) is 5.81. The number of fused-ring (bicyclic) bond motifs is 2. The predicted octanol–water partition coefficient (Wildman–Crippen LogP) is 1.25. The molecule has 0 radical (unpaired) electrons. The standard InChI is InChI=1S/C10H14O2/c1-12-10-4-7-5-2-6(5)8(10)3-9(7)11/h5-8,10H,2-4H2,1H3/t5-,6+,7-,8-,10+/m1/s1. The summed E-state index contributed by atoms with van der Waals surface area (Å²) in [6.07, 6.45) is 3.53. The minimum Gasteiger partial charge on any atom is -0.381 e. The molecule has 0 saturated heterocycles. The van der Waals surface area contributed by atoms with E-state index in [2.05, 4.69) is 0 Å². The molecule has 0 aliphatic heterocycles. The van der Waals surface area contributed by atoms with Crippen molar-refractivity contribution in [3.8, 4) is 0 Å². The Labute approximate surface area is 72.3 Å². The quantitative estimate of drug-likeness (QED) is 0.586. The highest BCUT2D eigenvalue weighted by molar-refractivity contribution is 5.84. The molecule has 0 aromatic carbocycles. The van der Waals surface area contributed by atoms with Gasteiger partial charge in [-0.05, 0) is 30.6 Å². The van der Waals surface area contributed by atoms with E-state index in [-0.39, 0.29) is 0 Å². The zero-order valence-electron chi connectivity index (χ0n) is 7.32. The molecule has 0 amide bonds. The lowest BCUT2D eigenvalue weighted by Crippen LogP contribution is -2.43. The summed E-state index contributed by atoms with van der Waals surface area (Å²) in [5.41, 5.74) is 0. The van der Waals surface area contributed by atoms with Crippen LogP contribution in [-0.2, 0) is 9.53 Å². The molecule has 0 unspecified atom stereocenters. The van der Waals surface area contributed by atoms with Crippen molar-refractivity contribution in [2.45, 2.75) is 25.4 Å². The van der Waals surface area contributed by atoms with Gasteiger partial charge in [-0.1, -0.05) is 0 Å². The van der Waals surface area contributed by atoms with Gasteiger partial charge < -0.3 is 4.74 Å². The van der Waals surface area contributed by atoms with Crippen LogP contribution < -0.4 is 0 Å². The molecular weight excluding hydrogens is 152 g/mol. The van der Waals surface area contributed by atoms with Crippen LogP contribution in [-0.4, -0.2) is 19.0 Å². The van der Waals surface area contributed by atoms with Crippen molar-refractivity contribution in [1.82, 2.24) is 0 Å². The molecule has 2 nitrogen and oxygen atoms in total. The molecular formula is C10H14O2. The third kappa shape index (κ3) is 0.717. The van der Waals surface area contributed by atoms with Crippen molar-refractivity contribution in [1.29, 1.82) is 0 Å². The Morgan fingerprint density at radius 1 is 1.25 bits per heavy atom. The van der Waals surface area contributed by atoms with E-state index in [4.69, 9.17) is 4.74 Å². The minimum absolute atomic E-state index is 0.380. The topological polar surface area (TPSA) is 26.3 Å². The summed E-state index contributed by atoms with van der Waals surface area (Å²) in [6.45, 7) is 0. The first-order valence-corrected chi connectivity index (χ1v) is 4.86. The molecule has 4 saturated carbocycles. The van der Waals surface area contributed by atoms with Crippen LogP contribution in [0.25, 0.3) is 0 Å². The van der Waals surface area contributed by atoms with Gasteiger partial charge in [0.1, 0.15) is 5.78 Å². The number of carbonyl (C=O) groups is 1. The van der Waals surface area contributed by atoms with Gasteiger partial charge in [0, 0.05) is 19.4 Å². The Morgan fingerprint density at radius 2 is 2.08 bits per heavy atom. The first-order valence-electron chi connectivity index (χ1n) is 4.86. The van der Waals surface area contributed by atoms with Crippen molar-refractivity contribution < 1.29 is 9.53 Å². The molecule has 2 bridgehead atoms. The largest absolute Gasteiger partial charge is 0.381 e. The molecule has 0 spiro atoms. The molecule has 4 aliphatic carbocycles. The molecule has 5 atom stereocenters. The lowest BCUT2D eigenvalue weighted by molar-refractivity contribution is -0.137. The fraction of sp³-hybridized carbons (Fsp3) is 0.900. The van der Waals surface area contributed by atoms with Crippen LogP contribution in [0.1, 0.15) is 19.3 Å². The maximum Gasteiger partial charge on any atom is 0.136 e. The minimum atomic E-state index is 0.380. The highest BCUT2D eigenvalue weighted by atomic mass is 16.5. The smallest absolute Gasteiger partial charge is 0.136 e. The van der Waals surface area contributed by atoms with E-state index >= 15 is 0 Å². The number of methoxy groups -OCH3 is 1. The third-order valence-corrected chi connectivity index (χ3v) is 4.07. The van der Waals surface area contributed by atoms with E-state index in [0.29, 0.717) is 23.7 Å². The van der Waals surface area contributed by atoms with E-state index in [9.17, 15) is 4.79 Å². The summed E-state index contributed by atoms with van der Waals surface area (Å²) < 4.78 is 5.42. The second-order valence-electron chi connectivity index (χ2n) is 4.51. The summed E-state index contributed by atoms with van der Waals surface area (Å²) in [7, 11) is 1.78. The lowest BCUT2D eigenvalue weighted by atomic mass is 9.68. The second kappa shape index (κ2) is 2.11. The van der Waals surface area contributed by atoms with E-state index in [1.807, 2.05) is 0 Å². The van der Waals surface area contributed by atoms with Gasteiger partial charge in [-0.2, -0.15) is 0 Å². The third-order valence-electron chi connectivity index (χ3n) is 4.07. The van der Waals surface area contributed by atoms with Crippen LogP contribution in [0.3, 0.4) is 0 Å². The molecule has 0 aromatic heterocycles. The van der Waals surface area contributed by atoms with Crippen LogP contribution in [0.2, 0.25) is 0 Å². The normalized spacial score (nSPS) is 55.4. The Morgan fingerprint density at radius 3 is 2.83 bits per heavy atom. The summed E-state index contributed by atoms with van der Waals surface area (Å²) in [5, 5.41) is 0. The Balaban J connectivity index is 1.90. The number of Topliss-reactive ketones (excluding diaryl/α,β-unsaturated/α-hetero) is 1. The van der Waals surface area contributed by atoms with Crippen LogP contribution in [0, 0.1) is 23.7 Å². The maximum atomic E-state index is 11.5. The van der Waals surface area contributed by atoms with Crippen LogP contribution in [0.5, 0.6) is 0 Å². The van der Waals surface area contributed by atoms with E-state index in [0.717, 1.165) is 24.7 Å². The highest BCUT2D eigenvalue weighted by Crippen LogP contribution is 2.61. The van der Waals surface area contributed by atoms with Gasteiger partial charge in [0.15, 0.2) is 0 Å². The lowest BCUT2D eigenvalue weighted by Gasteiger charge is -2.39. The molecule has 0 heterocycles. The number of hydrogen-bond acceptors (Lipinski definition) is 2. The van der Waals surface area contributed by atoms with Crippen molar-refractivity contribution in [3.63, 3.8) is 0 Å². The number of hydrogen-bond donors (Lipinski definition) is 0. The fourth-order valence-corrected chi connectivity index (χ4v) is 3.37. The summed E-state index contributed by atoms with van der Waals surface area (Å²) in [6, 6.07) is 0. The molecule has 66 valence electrons. The first kappa shape index (κ1) is 7.07. The van der Waals surface area contributed by atoms with Crippen molar-refractivity contribution >= 4 is 5.78 Å². The van der Waals surface area contributed by atoms with Crippen LogP contribution in [0.15, 0.2) is 0 Å². The van der Waals surface area contributed by atoms with Gasteiger partial charge in [0.25, 0.3) is 0 Å². The van der Waals surface area contributed by atoms with Crippen LogP contribution >= 0.6 is 0 Å². The fourth-order valence-electron chi connectivity index (χ4n) is 3.37. The molecule has 0 N–H and O–H groups in total. The highest BCUT2D eigenvalue weighted by Gasteiger charge is 2.60. The Hall–Kier alpha value is -0.370. The van der Waals surface area contributed by atoms with Crippen LogP contribution in [0.4, 0.5) is 0 Å². The van der Waals surface area contributed by atoms with E-state index in [1.54, 1.807) is 7.11 Å². The maximum absolute atomic E-state index is 11.5. The number of carbonyl (C=O) groups excluding carboxylic acids is 1. The Kier molecular flexibility index (Phi) is 1.24. The molecule has 4 aliphatic rings. The number of rotatable bonds is 1. The van der Waals surface area contributed by atoms with Crippen molar-refractivity contribution in [3.05, 3.63) is 0 Å². The monoisotopic (exact) mass is 166 g/mol. The summed E-state index contributed by atoms with van der Waals surface area (Å²) in [4.78, 5) is 11.5.